The highest BCUT2D eigenvalue weighted by Gasteiger charge is 2.28. The first-order valence-corrected chi connectivity index (χ1v) is 7.13. The van der Waals surface area contributed by atoms with Gasteiger partial charge in [-0.2, -0.15) is 0 Å². The summed E-state index contributed by atoms with van der Waals surface area (Å²) in [5.74, 6) is 0.468. The fourth-order valence-electron chi connectivity index (χ4n) is 2.81. The Morgan fingerprint density at radius 2 is 1.80 bits per heavy atom. The molecule has 0 bridgehead atoms. The third-order valence-corrected chi connectivity index (χ3v) is 4.03. The van der Waals surface area contributed by atoms with E-state index in [9.17, 15) is 4.79 Å². The Balaban J connectivity index is 1.72. The molecule has 0 aromatic heterocycles. The monoisotopic (exact) mass is 272 g/mol. The van der Waals surface area contributed by atoms with Crippen molar-refractivity contribution in [2.24, 2.45) is 5.92 Å². The van der Waals surface area contributed by atoms with Gasteiger partial charge in [0.15, 0.2) is 0 Å². The molecule has 20 heavy (non-hydrogen) atoms. The second-order valence-corrected chi connectivity index (χ2v) is 5.32. The summed E-state index contributed by atoms with van der Waals surface area (Å²) in [4.78, 5) is 16.1. The maximum Gasteiger partial charge on any atom is 0.227 e. The summed E-state index contributed by atoms with van der Waals surface area (Å²) >= 11 is 0. The molecule has 2 heterocycles. The van der Waals surface area contributed by atoms with Gasteiger partial charge in [-0.25, -0.2) is 0 Å². The summed E-state index contributed by atoms with van der Waals surface area (Å²) in [5, 5.41) is 0. The SMILES string of the molecule is C=CC1CC(=O)N(c2ccc(N3CCOCC3)cc2)C1. The molecule has 0 aliphatic carbocycles. The molecule has 3 rings (SSSR count). The zero-order valence-electron chi connectivity index (χ0n) is 11.6. The van der Waals surface area contributed by atoms with Crippen LogP contribution in [-0.2, 0) is 9.53 Å². The topological polar surface area (TPSA) is 32.8 Å². The molecule has 0 radical (unpaired) electrons. The van der Waals surface area contributed by atoms with Crippen LogP contribution in [0.2, 0.25) is 0 Å². The summed E-state index contributed by atoms with van der Waals surface area (Å²) in [7, 11) is 0. The van der Waals surface area contributed by atoms with Crippen molar-refractivity contribution < 1.29 is 9.53 Å². The van der Waals surface area contributed by atoms with Crippen molar-refractivity contribution in [3.8, 4) is 0 Å². The Bertz CT molecular complexity index is 492. The molecule has 2 fully saturated rings. The number of morpholine rings is 1. The summed E-state index contributed by atoms with van der Waals surface area (Å²) in [6.45, 7) is 7.96. The lowest BCUT2D eigenvalue weighted by Crippen LogP contribution is -2.36. The summed E-state index contributed by atoms with van der Waals surface area (Å²) < 4.78 is 5.36. The average molecular weight is 272 g/mol. The third-order valence-electron chi connectivity index (χ3n) is 4.03. The normalized spacial score (nSPS) is 23.2. The highest BCUT2D eigenvalue weighted by molar-refractivity contribution is 5.96. The summed E-state index contributed by atoms with van der Waals surface area (Å²) in [6.07, 6.45) is 2.45. The van der Waals surface area contributed by atoms with Gasteiger partial charge >= 0.3 is 0 Å². The maximum atomic E-state index is 12.0. The van der Waals surface area contributed by atoms with Gasteiger partial charge in [-0.3, -0.25) is 4.79 Å². The van der Waals surface area contributed by atoms with Crippen molar-refractivity contribution >= 4 is 17.3 Å². The summed E-state index contributed by atoms with van der Waals surface area (Å²) in [5.41, 5.74) is 2.18. The Morgan fingerprint density at radius 1 is 1.15 bits per heavy atom. The molecule has 1 aromatic rings. The van der Waals surface area contributed by atoms with E-state index < -0.39 is 0 Å². The van der Waals surface area contributed by atoms with Gasteiger partial charge in [0.2, 0.25) is 5.91 Å². The van der Waals surface area contributed by atoms with Gasteiger partial charge in [0.05, 0.1) is 13.2 Å². The maximum absolute atomic E-state index is 12.0. The second kappa shape index (κ2) is 5.67. The number of amides is 1. The van der Waals surface area contributed by atoms with Gasteiger partial charge in [-0.1, -0.05) is 6.08 Å². The first-order chi connectivity index (χ1) is 9.78. The lowest BCUT2D eigenvalue weighted by Gasteiger charge is -2.29. The van der Waals surface area contributed by atoms with Crippen molar-refractivity contribution in [1.29, 1.82) is 0 Å². The molecular formula is C16H20N2O2. The minimum Gasteiger partial charge on any atom is -0.378 e. The summed E-state index contributed by atoms with van der Waals surface area (Å²) in [6, 6.07) is 8.26. The highest BCUT2D eigenvalue weighted by atomic mass is 16.5. The number of rotatable bonds is 3. The van der Waals surface area contributed by atoms with Crippen molar-refractivity contribution in [3.05, 3.63) is 36.9 Å². The van der Waals surface area contributed by atoms with Crippen LogP contribution < -0.4 is 9.80 Å². The average Bonchev–Trinajstić information content (AvgIpc) is 2.89. The Kier molecular flexibility index (Phi) is 3.74. The molecule has 4 heteroatoms. The Labute approximate surface area is 119 Å². The lowest BCUT2D eigenvalue weighted by molar-refractivity contribution is -0.117. The number of anilines is 2. The van der Waals surface area contributed by atoms with Crippen LogP contribution in [0, 0.1) is 5.92 Å². The predicted octanol–water partition coefficient (Wildman–Crippen LogP) is 2.06. The van der Waals surface area contributed by atoms with E-state index in [1.54, 1.807) is 0 Å². The number of hydrogen-bond acceptors (Lipinski definition) is 3. The number of ether oxygens (including phenoxy) is 1. The number of carbonyl (C=O) groups is 1. The Morgan fingerprint density at radius 3 is 2.40 bits per heavy atom. The fourth-order valence-corrected chi connectivity index (χ4v) is 2.81. The number of carbonyl (C=O) groups excluding carboxylic acids is 1. The smallest absolute Gasteiger partial charge is 0.227 e. The third kappa shape index (κ3) is 2.56. The van der Waals surface area contributed by atoms with Crippen LogP contribution in [0.25, 0.3) is 0 Å². The van der Waals surface area contributed by atoms with Crippen molar-refractivity contribution in [2.45, 2.75) is 6.42 Å². The molecule has 0 spiro atoms. The van der Waals surface area contributed by atoms with E-state index in [0.29, 0.717) is 6.42 Å². The zero-order valence-corrected chi connectivity index (χ0v) is 11.6. The minimum absolute atomic E-state index is 0.189. The van der Waals surface area contributed by atoms with Crippen LogP contribution in [0.3, 0.4) is 0 Å². The van der Waals surface area contributed by atoms with Gasteiger partial charge in [0, 0.05) is 43.3 Å². The van der Waals surface area contributed by atoms with Gasteiger partial charge in [-0.15, -0.1) is 6.58 Å². The minimum atomic E-state index is 0.189. The van der Waals surface area contributed by atoms with E-state index in [2.05, 4.69) is 23.6 Å². The molecule has 1 atom stereocenters. The molecule has 1 amide bonds. The van der Waals surface area contributed by atoms with Crippen LogP contribution in [0.1, 0.15) is 6.42 Å². The lowest BCUT2D eigenvalue weighted by atomic mass is 10.1. The zero-order chi connectivity index (χ0) is 13.9. The van der Waals surface area contributed by atoms with Crippen LogP contribution >= 0.6 is 0 Å². The van der Waals surface area contributed by atoms with Crippen LogP contribution in [0.5, 0.6) is 0 Å². The van der Waals surface area contributed by atoms with Crippen molar-refractivity contribution in [2.75, 3.05) is 42.6 Å². The highest BCUT2D eigenvalue weighted by Crippen LogP contribution is 2.27. The van der Waals surface area contributed by atoms with Gasteiger partial charge < -0.3 is 14.5 Å². The first kappa shape index (κ1) is 13.2. The first-order valence-electron chi connectivity index (χ1n) is 7.13. The van der Waals surface area contributed by atoms with Gasteiger partial charge in [-0.05, 0) is 24.3 Å². The molecule has 4 nitrogen and oxygen atoms in total. The molecule has 1 unspecified atom stereocenters. The van der Waals surface area contributed by atoms with Crippen molar-refractivity contribution in [3.63, 3.8) is 0 Å². The molecule has 1 aromatic carbocycles. The van der Waals surface area contributed by atoms with Crippen molar-refractivity contribution in [1.82, 2.24) is 0 Å². The largest absolute Gasteiger partial charge is 0.378 e. The van der Waals surface area contributed by atoms with E-state index in [1.807, 2.05) is 23.1 Å². The van der Waals surface area contributed by atoms with E-state index >= 15 is 0 Å². The van der Waals surface area contributed by atoms with Gasteiger partial charge in [0.1, 0.15) is 0 Å². The van der Waals surface area contributed by atoms with Crippen LogP contribution in [0.15, 0.2) is 36.9 Å². The second-order valence-electron chi connectivity index (χ2n) is 5.32. The van der Waals surface area contributed by atoms with E-state index in [4.69, 9.17) is 4.74 Å². The molecule has 106 valence electrons. The fraction of sp³-hybridized carbons (Fsp3) is 0.438. The molecule has 0 saturated carbocycles. The van der Waals surface area contributed by atoms with E-state index in [1.165, 1.54) is 5.69 Å². The molecule has 0 N–H and O–H groups in total. The molecule has 2 saturated heterocycles. The molecule has 2 aliphatic heterocycles. The van der Waals surface area contributed by atoms with E-state index in [0.717, 1.165) is 38.5 Å². The predicted molar refractivity (Wildman–Crippen MR) is 80.1 cm³/mol. The Hall–Kier alpha value is -1.81. The number of benzene rings is 1. The molecular weight excluding hydrogens is 252 g/mol. The quantitative estimate of drug-likeness (QED) is 0.790. The molecule has 2 aliphatic rings. The van der Waals surface area contributed by atoms with Gasteiger partial charge in [0.25, 0.3) is 0 Å². The van der Waals surface area contributed by atoms with E-state index in [-0.39, 0.29) is 11.8 Å². The standard InChI is InChI=1S/C16H20N2O2/c1-2-13-11-16(19)18(12-13)15-5-3-14(4-6-15)17-7-9-20-10-8-17/h2-6,13H,1,7-12H2. The number of nitrogens with zero attached hydrogens (tertiary/aromatic N) is 2. The van der Waals surface area contributed by atoms with Crippen LogP contribution in [0.4, 0.5) is 11.4 Å². The number of hydrogen-bond donors (Lipinski definition) is 0. The van der Waals surface area contributed by atoms with Crippen LogP contribution in [-0.4, -0.2) is 38.8 Å².